The van der Waals surface area contributed by atoms with E-state index < -0.39 is 0 Å². The maximum absolute atomic E-state index is 11.6. The molecule has 2 N–H and O–H groups in total. The molecule has 2 atom stereocenters. The molecule has 0 heterocycles. The van der Waals surface area contributed by atoms with Crippen LogP contribution in [0.5, 0.6) is 0 Å². The van der Waals surface area contributed by atoms with E-state index in [-0.39, 0.29) is 5.91 Å². The van der Waals surface area contributed by atoms with Crippen LogP contribution >= 0.6 is 0 Å². The van der Waals surface area contributed by atoms with Crippen molar-refractivity contribution in [2.75, 3.05) is 12.4 Å². The molecular formula is C17H26N2O. The number of carbonyl (C=O) groups excluding carboxylic acids is 1. The summed E-state index contributed by atoms with van der Waals surface area (Å²) in [6.07, 6.45) is 6.86. The summed E-state index contributed by atoms with van der Waals surface area (Å²) in [5, 5.41) is 6.35. The van der Waals surface area contributed by atoms with E-state index in [1.54, 1.807) is 7.05 Å². The van der Waals surface area contributed by atoms with Gasteiger partial charge in [-0.2, -0.15) is 0 Å². The van der Waals surface area contributed by atoms with Crippen LogP contribution in [0.2, 0.25) is 0 Å². The molecule has 0 spiro atoms. The summed E-state index contributed by atoms with van der Waals surface area (Å²) < 4.78 is 0. The zero-order valence-electron chi connectivity index (χ0n) is 12.6. The van der Waals surface area contributed by atoms with Gasteiger partial charge in [0, 0.05) is 18.8 Å². The monoisotopic (exact) mass is 274 g/mol. The number of rotatable bonds is 4. The molecule has 0 bridgehead atoms. The van der Waals surface area contributed by atoms with Crippen molar-refractivity contribution >= 4 is 11.6 Å². The Morgan fingerprint density at radius 2 is 2.00 bits per heavy atom. The zero-order chi connectivity index (χ0) is 14.4. The number of likely N-dealkylation sites (N-methyl/N-ethyl adjacent to an activating group) is 1. The predicted molar refractivity (Wildman–Crippen MR) is 83.9 cm³/mol. The largest absolute Gasteiger partial charge is 0.382 e. The lowest BCUT2D eigenvalue weighted by Gasteiger charge is -2.20. The molecule has 0 saturated heterocycles. The molecule has 3 heteroatoms. The summed E-state index contributed by atoms with van der Waals surface area (Å²) in [7, 11) is 1.69. The van der Waals surface area contributed by atoms with Crippen LogP contribution < -0.4 is 10.6 Å². The summed E-state index contributed by atoms with van der Waals surface area (Å²) >= 11 is 0. The number of para-hydroxylation sites is 1. The highest BCUT2D eigenvalue weighted by Gasteiger charge is 2.17. The molecule has 1 fully saturated rings. The first-order chi connectivity index (χ1) is 9.69. The van der Waals surface area contributed by atoms with Gasteiger partial charge in [0.1, 0.15) is 0 Å². The highest BCUT2D eigenvalue weighted by Crippen LogP contribution is 2.26. The van der Waals surface area contributed by atoms with Gasteiger partial charge >= 0.3 is 0 Å². The lowest BCUT2D eigenvalue weighted by atomic mass is 10.0. The van der Waals surface area contributed by atoms with Crippen molar-refractivity contribution in [3.05, 3.63) is 29.8 Å². The minimum absolute atomic E-state index is 0.0636. The van der Waals surface area contributed by atoms with Crippen LogP contribution in [0.3, 0.4) is 0 Å². The van der Waals surface area contributed by atoms with E-state index in [0.29, 0.717) is 12.5 Å². The van der Waals surface area contributed by atoms with E-state index in [9.17, 15) is 4.79 Å². The number of nitrogens with one attached hydrogen (secondary N) is 2. The number of hydrogen-bond acceptors (Lipinski definition) is 2. The van der Waals surface area contributed by atoms with Crippen molar-refractivity contribution in [2.24, 2.45) is 5.92 Å². The molecule has 3 nitrogen and oxygen atoms in total. The van der Waals surface area contributed by atoms with Crippen molar-refractivity contribution in [1.29, 1.82) is 0 Å². The fourth-order valence-corrected chi connectivity index (χ4v) is 2.93. The Labute approximate surface area is 122 Å². The molecule has 1 aliphatic carbocycles. The molecule has 0 aliphatic heterocycles. The second-order valence-electron chi connectivity index (χ2n) is 5.96. The van der Waals surface area contributed by atoms with Crippen LogP contribution in [-0.2, 0) is 11.2 Å². The van der Waals surface area contributed by atoms with Crippen molar-refractivity contribution in [2.45, 2.75) is 51.5 Å². The van der Waals surface area contributed by atoms with E-state index in [2.05, 4.69) is 23.6 Å². The molecular weight excluding hydrogens is 248 g/mol. The van der Waals surface area contributed by atoms with Crippen LogP contribution in [0, 0.1) is 5.92 Å². The van der Waals surface area contributed by atoms with Gasteiger partial charge in [0.15, 0.2) is 0 Å². The minimum atomic E-state index is 0.0636. The summed E-state index contributed by atoms with van der Waals surface area (Å²) in [6.45, 7) is 2.35. The summed E-state index contributed by atoms with van der Waals surface area (Å²) in [6, 6.07) is 8.71. The van der Waals surface area contributed by atoms with E-state index in [0.717, 1.165) is 17.2 Å². The van der Waals surface area contributed by atoms with Crippen molar-refractivity contribution in [3.63, 3.8) is 0 Å². The van der Waals surface area contributed by atoms with Gasteiger partial charge < -0.3 is 10.6 Å². The molecule has 1 aliphatic rings. The Hall–Kier alpha value is -1.51. The molecule has 20 heavy (non-hydrogen) atoms. The normalized spacial score (nSPS) is 22.9. The highest BCUT2D eigenvalue weighted by atomic mass is 16.1. The Morgan fingerprint density at radius 3 is 2.80 bits per heavy atom. The second-order valence-corrected chi connectivity index (χ2v) is 5.96. The number of amides is 1. The van der Waals surface area contributed by atoms with E-state index >= 15 is 0 Å². The maximum Gasteiger partial charge on any atom is 0.224 e. The quantitative estimate of drug-likeness (QED) is 0.827. The topological polar surface area (TPSA) is 41.1 Å². The molecule has 1 amide bonds. The summed E-state index contributed by atoms with van der Waals surface area (Å²) in [5.41, 5.74) is 2.21. The van der Waals surface area contributed by atoms with Gasteiger partial charge in [0.05, 0.1) is 6.42 Å². The van der Waals surface area contributed by atoms with Gasteiger partial charge in [-0.3, -0.25) is 4.79 Å². The average Bonchev–Trinajstić information content (AvgIpc) is 2.66. The van der Waals surface area contributed by atoms with Crippen LogP contribution in [0.1, 0.15) is 44.6 Å². The van der Waals surface area contributed by atoms with Crippen LogP contribution in [0.4, 0.5) is 5.69 Å². The fourth-order valence-electron chi connectivity index (χ4n) is 2.93. The van der Waals surface area contributed by atoms with Crippen molar-refractivity contribution in [1.82, 2.24) is 5.32 Å². The average molecular weight is 274 g/mol. The standard InChI is InChI=1S/C17H26N2O/c1-13-6-5-8-15(11-10-13)19-16-9-4-3-7-14(16)12-17(20)18-2/h3-4,7,9,13,15,19H,5-6,8,10-12H2,1-2H3,(H,18,20). The number of hydrogen-bond donors (Lipinski definition) is 2. The van der Waals surface area contributed by atoms with Gasteiger partial charge in [-0.05, 0) is 36.8 Å². The first-order valence-electron chi connectivity index (χ1n) is 7.74. The Bertz CT molecular complexity index is 444. The Morgan fingerprint density at radius 1 is 1.20 bits per heavy atom. The van der Waals surface area contributed by atoms with Crippen LogP contribution in [-0.4, -0.2) is 19.0 Å². The molecule has 2 rings (SSSR count). The van der Waals surface area contributed by atoms with Gasteiger partial charge in [0.2, 0.25) is 5.91 Å². The van der Waals surface area contributed by atoms with Gasteiger partial charge in [0.25, 0.3) is 0 Å². The smallest absolute Gasteiger partial charge is 0.224 e. The van der Waals surface area contributed by atoms with Gasteiger partial charge in [-0.15, -0.1) is 0 Å². The SMILES string of the molecule is CNC(=O)Cc1ccccc1NC1CCCC(C)CC1. The van der Waals surface area contributed by atoms with Gasteiger partial charge in [-0.1, -0.05) is 38.0 Å². The number of benzene rings is 1. The third-order valence-electron chi connectivity index (χ3n) is 4.26. The van der Waals surface area contributed by atoms with Gasteiger partial charge in [-0.25, -0.2) is 0 Å². The summed E-state index contributed by atoms with van der Waals surface area (Å²) in [4.78, 5) is 11.6. The molecule has 110 valence electrons. The molecule has 1 saturated carbocycles. The first kappa shape index (κ1) is 14.9. The zero-order valence-corrected chi connectivity index (χ0v) is 12.6. The predicted octanol–water partition coefficient (Wildman–Crippen LogP) is 3.36. The maximum atomic E-state index is 11.6. The van der Waals surface area contributed by atoms with E-state index in [4.69, 9.17) is 0 Å². The minimum Gasteiger partial charge on any atom is -0.382 e. The Kier molecular flexibility index (Phi) is 5.45. The van der Waals surface area contributed by atoms with E-state index in [1.807, 2.05) is 18.2 Å². The third-order valence-corrected chi connectivity index (χ3v) is 4.26. The molecule has 1 aromatic rings. The lowest BCUT2D eigenvalue weighted by molar-refractivity contribution is -0.119. The molecule has 0 aromatic heterocycles. The molecule has 0 radical (unpaired) electrons. The highest BCUT2D eigenvalue weighted by molar-refractivity contribution is 5.80. The second kappa shape index (κ2) is 7.32. The lowest BCUT2D eigenvalue weighted by Crippen LogP contribution is -2.23. The van der Waals surface area contributed by atoms with Crippen molar-refractivity contribution < 1.29 is 4.79 Å². The number of carbonyl (C=O) groups is 1. The molecule has 1 aromatic carbocycles. The van der Waals surface area contributed by atoms with Crippen molar-refractivity contribution in [3.8, 4) is 0 Å². The van der Waals surface area contributed by atoms with Crippen LogP contribution in [0.15, 0.2) is 24.3 Å². The third kappa shape index (κ3) is 4.26. The fraction of sp³-hybridized carbons (Fsp3) is 0.588. The van der Waals surface area contributed by atoms with Crippen LogP contribution in [0.25, 0.3) is 0 Å². The first-order valence-corrected chi connectivity index (χ1v) is 7.74. The van der Waals surface area contributed by atoms with E-state index in [1.165, 1.54) is 32.1 Å². The Balaban J connectivity index is 2.02. The number of anilines is 1. The summed E-state index contributed by atoms with van der Waals surface area (Å²) in [5.74, 6) is 0.914. The molecule has 2 unspecified atom stereocenters.